The number of carbonyl (C=O) groups is 2. The van der Waals surface area contributed by atoms with Crippen LogP contribution in [0, 0.1) is 22.7 Å². The summed E-state index contributed by atoms with van der Waals surface area (Å²) in [6.07, 6.45) is 5.20. The molecule has 0 aromatic heterocycles. The van der Waals surface area contributed by atoms with Crippen molar-refractivity contribution in [2.24, 2.45) is 34.4 Å². The van der Waals surface area contributed by atoms with Crippen LogP contribution in [0.3, 0.4) is 0 Å². The van der Waals surface area contributed by atoms with Gasteiger partial charge in [-0.05, 0) is 50.4 Å². The van der Waals surface area contributed by atoms with Crippen molar-refractivity contribution in [2.45, 2.75) is 38.5 Å². The Morgan fingerprint density at radius 1 is 0.889 bits per heavy atom. The van der Waals surface area contributed by atoms with Gasteiger partial charge in [0.25, 0.3) is 0 Å². The number of carbonyl (C=O) groups excluding carboxylic acids is 2. The Kier molecular flexibility index (Phi) is 2.44. The smallest absolute Gasteiger partial charge is 0.240 e. The second-order valence-corrected chi connectivity index (χ2v) is 6.47. The Balaban J connectivity index is 1.97. The summed E-state index contributed by atoms with van der Waals surface area (Å²) >= 11 is 0. The van der Waals surface area contributed by atoms with Crippen molar-refractivity contribution in [3.63, 3.8) is 0 Å². The van der Waals surface area contributed by atoms with Crippen molar-refractivity contribution in [1.29, 1.82) is 0 Å². The third-order valence-corrected chi connectivity index (χ3v) is 5.29. The highest BCUT2D eigenvalue weighted by Crippen LogP contribution is 2.65. The number of rotatable bonds is 2. The van der Waals surface area contributed by atoms with Crippen LogP contribution in [0.1, 0.15) is 38.5 Å². The minimum Gasteiger partial charge on any atom is -0.294 e. The molecule has 0 aromatic carbocycles. The van der Waals surface area contributed by atoms with Crippen LogP contribution in [0.4, 0.5) is 0 Å². The molecule has 4 rings (SSSR count). The number of nitrogens with two attached hydrogens (primary N) is 2. The van der Waals surface area contributed by atoms with Crippen molar-refractivity contribution >= 4 is 11.8 Å². The van der Waals surface area contributed by atoms with Gasteiger partial charge < -0.3 is 0 Å². The molecule has 100 valence electrons. The largest absolute Gasteiger partial charge is 0.294 e. The molecule has 0 radical (unpaired) electrons. The fraction of sp³-hybridized carbons (Fsp3) is 0.833. The molecule has 0 heterocycles. The first kappa shape index (κ1) is 11.9. The van der Waals surface area contributed by atoms with E-state index in [-0.39, 0.29) is 11.8 Å². The molecule has 4 fully saturated rings. The zero-order chi connectivity index (χ0) is 13.0. The highest BCUT2D eigenvalue weighted by atomic mass is 16.2. The molecule has 6 heteroatoms. The molecule has 0 aromatic rings. The van der Waals surface area contributed by atoms with E-state index < -0.39 is 10.8 Å². The van der Waals surface area contributed by atoms with Crippen LogP contribution in [0.15, 0.2) is 0 Å². The molecule has 0 spiro atoms. The van der Waals surface area contributed by atoms with Crippen LogP contribution in [0.25, 0.3) is 0 Å². The second-order valence-electron chi connectivity index (χ2n) is 6.47. The van der Waals surface area contributed by atoms with Gasteiger partial charge in [0.1, 0.15) is 0 Å². The van der Waals surface area contributed by atoms with E-state index in [4.69, 9.17) is 11.7 Å². The van der Waals surface area contributed by atoms with E-state index in [1.807, 2.05) is 0 Å². The van der Waals surface area contributed by atoms with Gasteiger partial charge in [-0.3, -0.25) is 20.4 Å². The molecular formula is C12H20N4O2. The first-order chi connectivity index (χ1) is 8.53. The third kappa shape index (κ3) is 1.42. The van der Waals surface area contributed by atoms with E-state index in [1.54, 1.807) is 0 Å². The van der Waals surface area contributed by atoms with Crippen LogP contribution in [0.2, 0.25) is 0 Å². The van der Waals surface area contributed by atoms with Crippen molar-refractivity contribution in [3.05, 3.63) is 0 Å². The van der Waals surface area contributed by atoms with E-state index in [9.17, 15) is 9.59 Å². The molecule has 18 heavy (non-hydrogen) atoms. The quantitative estimate of drug-likeness (QED) is 0.303. The molecule has 0 unspecified atom stereocenters. The Labute approximate surface area is 106 Å². The molecule has 6 nitrogen and oxygen atoms in total. The lowest BCUT2D eigenvalue weighted by Crippen LogP contribution is -2.62. The van der Waals surface area contributed by atoms with E-state index in [2.05, 4.69) is 10.9 Å². The van der Waals surface area contributed by atoms with Crippen LogP contribution < -0.4 is 22.5 Å². The molecule has 4 aliphatic carbocycles. The van der Waals surface area contributed by atoms with Gasteiger partial charge in [0.05, 0.1) is 10.8 Å². The normalized spacial score (nSPS) is 44.8. The summed E-state index contributed by atoms with van der Waals surface area (Å²) < 4.78 is 0. The zero-order valence-corrected chi connectivity index (χ0v) is 10.4. The average Bonchev–Trinajstić information content (AvgIpc) is 2.35. The predicted molar refractivity (Wildman–Crippen MR) is 64.2 cm³/mol. The summed E-state index contributed by atoms with van der Waals surface area (Å²) in [7, 11) is 0. The summed E-state index contributed by atoms with van der Waals surface area (Å²) in [5.41, 5.74) is 3.71. The van der Waals surface area contributed by atoms with E-state index in [1.165, 1.54) is 0 Å². The van der Waals surface area contributed by atoms with E-state index in [0.717, 1.165) is 32.1 Å². The van der Waals surface area contributed by atoms with Crippen molar-refractivity contribution in [3.8, 4) is 0 Å². The molecule has 4 bridgehead atoms. The van der Waals surface area contributed by atoms with Crippen molar-refractivity contribution in [2.75, 3.05) is 0 Å². The lowest BCUT2D eigenvalue weighted by molar-refractivity contribution is -0.167. The second kappa shape index (κ2) is 3.68. The molecule has 0 atom stereocenters. The first-order valence-corrected chi connectivity index (χ1v) is 6.56. The molecule has 2 amide bonds. The van der Waals surface area contributed by atoms with Gasteiger partial charge in [0.2, 0.25) is 11.8 Å². The van der Waals surface area contributed by atoms with Gasteiger partial charge in [0.15, 0.2) is 0 Å². The molecule has 0 saturated heterocycles. The van der Waals surface area contributed by atoms with Gasteiger partial charge in [-0.2, -0.15) is 0 Å². The standard InChI is InChI=1S/C12H20N4O2/c13-15-9(17)11-2-7-1-8(4-11)5-12(3-7,6-11)10(18)16-14/h7-8H,1-6,13-14H2,(H,15,17)(H,16,18). The first-order valence-electron chi connectivity index (χ1n) is 6.56. The highest BCUT2D eigenvalue weighted by Gasteiger charge is 2.62. The molecule has 4 saturated carbocycles. The number of nitrogens with one attached hydrogen (secondary N) is 2. The van der Waals surface area contributed by atoms with Gasteiger partial charge >= 0.3 is 0 Å². The minimum atomic E-state index is -0.439. The fourth-order valence-corrected chi connectivity index (χ4v) is 5.10. The maximum atomic E-state index is 12.1. The average molecular weight is 252 g/mol. The number of hydrogen-bond acceptors (Lipinski definition) is 4. The maximum Gasteiger partial charge on any atom is 0.240 e. The molecule has 0 aliphatic heterocycles. The van der Waals surface area contributed by atoms with Crippen LogP contribution in [-0.2, 0) is 9.59 Å². The Hall–Kier alpha value is -1.14. The lowest BCUT2D eigenvalue weighted by Gasteiger charge is -2.60. The third-order valence-electron chi connectivity index (χ3n) is 5.29. The zero-order valence-electron chi connectivity index (χ0n) is 10.4. The van der Waals surface area contributed by atoms with E-state index >= 15 is 0 Å². The Morgan fingerprint density at radius 2 is 1.28 bits per heavy atom. The SMILES string of the molecule is NNC(=O)C12CC3CC(C1)CC(C(=O)NN)(C3)C2. The predicted octanol–water partition coefficient (Wildman–Crippen LogP) is -0.447. The molecular weight excluding hydrogens is 232 g/mol. The monoisotopic (exact) mass is 252 g/mol. The lowest BCUT2D eigenvalue weighted by atomic mass is 9.43. The molecule has 6 N–H and O–H groups in total. The number of amides is 2. The van der Waals surface area contributed by atoms with Gasteiger partial charge in [-0.1, -0.05) is 0 Å². The molecule has 4 aliphatic rings. The van der Waals surface area contributed by atoms with Crippen LogP contribution in [0.5, 0.6) is 0 Å². The number of hydrogen-bond donors (Lipinski definition) is 4. The summed E-state index contributed by atoms with van der Waals surface area (Å²) in [5.74, 6) is 11.3. The Bertz CT molecular complexity index is 361. The maximum absolute atomic E-state index is 12.1. The van der Waals surface area contributed by atoms with Crippen molar-refractivity contribution < 1.29 is 9.59 Å². The summed E-state index contributed by atoms with van der Waals surface area (Å²) in [4.78, 5) is 24.2. The topological polar surface area (TPSA) is 110 Å². The van der Waals surface area contributed by atoms with Gasteiger partial charge in [-0.15, -0.1) is 0 Å². The Morgan fingerprint density at radius 3 is 1.61 bits per heavy atom. The summed E-state index contributed by atoms with van der Waals surface area (Å²) in [5, 5.41) is 0. The minimum absolute atomic E-state index is 0.106. The fourth-order valence-electron chi connectivity index (χ4n) is 5.10. The summed E-state index contributed by atoms with van der Waals surface area (Å²) in [6.45, 7) is 0. The highest BCUT2D eigenvalue weighted by molar-refractivity contribution is 5.87. The van der Waals surface area contributed by atoms with Gasteiger partial charge in [-0.25, -0.2) is 11.7 Å². The van der Waals surface area contributed by atoms with Crippen LogP contribution >= 0.6 is 0 Å². The van der Waals surface area contributed by atoms with Gasteiger partial charge in [0, 0.05) is 0 Å². The van der Waals surface area contributed by atoms with E-state index in [0.29, 0.717) is 18.3 Å². The van der Waals surface area contributed by atoms with Crippen molar-refractivity contribution in [1.82, 2.24) is 10.9 Å². The number of hydrazine groups is 2. The summed E-state index contributed by atoms with van der Waals surface area (Å²) in [6, 6.07) is 0. The van der Waals surface area contributed by atoms with Crippen LogP contribution in [-0.4, -0.2) is 11.8 Å².